The van der Waals surface area contributed by atoms with Gasteiger partial charge in [-0.1, -0.05) is 18.2 Å². The highest BCUT2D eigenvalue weighted by molar-refractivity contribution is 5.78. The summed E-state index contributed by atoms with van der Waals surface area (Å²) < 4.78 is 0. The van der Waals surface area contributed by atoms with Gasteiger partial charge in [0.05, 0.1) is 6.54 Å². The highest BCUT2D eigenvalue weighted by atomic mass is 16.1. The van der Waals surface area contributed by atoms with Gasteiger partial charge in [0, 0.05) is 23.2 Å². The van der Waals surface area contributed by atoms with E-state index >= 15 is 0 Å². The molecule has 2 aromatic rings. The summed E-state index contributed by atoms with van der Waals surface area (Å²) in [5.74, 6) is -0.401. The molecule has 2 rings (SSSR count). The number of carbonyl (C=O) groups excluding carboxylic acids is 1. The fourth-order valence-corrected chi connectivity index (χ4v) is 2.23. The normalized spacial score (nSPS) is 12.0. The molecule has 1 aromatic heterocycles. The first-order valence-corrected chi connectivity index (χ1v) is 6.91. The van der Waals surface area contributed by atoms with Crippen molar-refractivity contribution in [2.24, 2.45) is 5.73 Å². The third-order valence-corrected chi connectivity index (χ3v) is 3.49. The molecule has 0 aliphatic carbocycles. The van der Waals surface area contributed by atoms with Crippen LogP contribution in [0.25, 0.3) is 10.9 Å². The minimum atomic E-state index is -0.401. The maximum absolute atomic E-state index is 12.2. The maximum atomic E-state index is 12.2. The standard InChI is InChI=1S/C16H21N3O2/c1-16(2,3)19(10-14(17)20)9-12-8-11-6-4-5-7-13(11)18-15(12)21/h4-8H,9-10H2,1-3H3,(H2,17,20)(H,18,21). The fraction of sp³-hybridized carbons (Fsp3) is 0.375. The lowest BCUT2D eigenvalue weighted by molar-refractivity contribution is -0.120. The van der Waals surface area contributed by atoms with E-state index in [4.69, 9.17) is 5.73 Å². The third kappa shape index (κ3) is 3.70. The van der Waals surface area contributed by atoms with Crippen molar-refractivity contribution in [3.8, 4) is 0 Å². The molecule has 0 saturated heterocycles. The number of hydrogen-bond donors (Lipinski definition) is 2. The Morgan fingerprint density at radius 3 is 2.57 bits per heavy atom. The highest BCUT2D eigenvalue weighted by Gasteiger charge is 2.23. The van der Waals surface area contributed by atoms with Gasteiger partial charge in [-0.15, -0.1) is 0 Å². The molecule has 0 spiro atoms. The lowest BCUT2D eigenvalue weighted by atomic mass is 10.0. The van der Waals surface area contributed by atoms with Crippen molar-refractivity contribution in [1.82, 2.24) is 9.88 Å². The molecule has 5 nitrogen and oxygen atoms in total. The molecule has 0 atom stereocenters. The minimum absolute atomic E-state index is 0.121. The van der Waals surface area contributed by atoms with E-state index < -0.39 is 5.91 Å². The molecule has 1 aromatic carbocycles. The van der Waals surface area contributed by atoms with Crippen molar-refractivity contribution < 1.29 is 4.79 Å². The van der Waals surface area contributed by atoms with E-state index in [0.717, 1.165) is 10.9 Å². The van der Waals surface area contributed by atoms with Gasteiger partial charge in [0.15, 0.2) is 0 Å². The summed E-state index contributed by atoms with van der Waals surface area (Å²) in [5.41, 5.74) is 6.36. The molecular weight excluding hydrogens is 266 g/mol. The average Bonchev–Trinajstić information content (AvgIpc) is 2.37. The number of nitrogens with two attached hydrogens (primary N) is 1. The Bertz CT molecular complexity index is 713. The SMILES string of the molecule is CC(C)(C)N(CC(N)=O)Cc1cc2ccccc2[nH]c1=O. The molecular formula is C16H21N3O2. The van der Waals surface area contributed by atoms with E-state index in [2.05, 4.69) is 4.98 Å². The number of fused-ring (bicyclic) bond motifs is 1. The largest absolute Gasteiger partial charge is 0.369 e. The Balaban J connectivity index is 2.38. The first-order chi connectivity index (χ1) is 9.77. The number of nitrogens with zero attached hydrogens (tertiary/aromatic N) is 1. The van der Waals surface area contributed by atoms with E-state index in [-0.39, 0.29) is 17.6 Å². The number of para-hydroxylation sites is 1. The van der Waals surface area contributed by atoms with E-state index in [1.165, 1.54) is 0 Å². The van der Waals surface area contributed by atoms with Crippen molar-refractivity contribution in [2.75, 3.05) is 6.54 Å². The smallest absolute Gasteiger partial charge is 0.252 e. The van der Waals surface area contributed by atoms with Gasteiger partial charge in [-0.05, 0) is 38.3 Å². The number of aromatic nitrogens is 1. The molecule has 1 heterocycles. The van der Waals surface area contributed by atoms with Gasteiger partial charge < -0.3 is 10.7 Å². The molecule has 0 bridgehead atoms. The van der Waals surface area contributed by atoms with Gasteiger partial charge in [0.2, 0.25) is 5.91 Å². The van der Waals surface area contributed by atoms with Gasteiger partial charge >= 0.3 is 0 Å². The Morgan fingerprint density at radius 1 is 1.29 bits per heavy atom. The summed E-state index contributed by atoms with van der Waals surface area (Å²) in [6.07, 6.45) is 0. The Kier molecular flexibility index (Phi) is 4.14. The van der Waals surface area contributed by atoms with Crippen LogP contribution in [0.1, 0.15) is 26.3 Å². The Labute approximate surface area is 123 Å². The summed E-state index contributed by atoms with van der Waals surface area (Å²) >= 11 is 0. The number of amides is 1. The molecule has 21 heavy (non-hydrogen) atoms. The lowest BCUT2D eigenvalue weighted by Gasteiger charge is -2.34. The van der Waals surface area contributed by atoms with Gasteiger partial charge in [0.25, 0.3) is 5.56 Å². The monoisotopic (exact) mass is 287 g/mol. The second-order valence-corrected chi connectivity index (χ2v) is 6.20. The minimum Gasteiger partial charge on any atom is -0.369 e. The van der Waals surface area contributed by atoms with Crippen molar-refractivity contribution in [3.05, 3.63) is 46.2 Å². The molecule has 0 aliphatic rings. The summed E-state index contributed by atoms with van der Waals surface area (Å²) in [6, 6.07) is 9.49. The molecule has 0 unspecified atom stereocenters. The van der Waals surface area contributed by atoms with Crippen molar-refractivity contribution in [3.63, 3.8) is 0 Å². The van der Waals surface area contributed by atoms with Crippen LogP contribution in [-0.4, -0.2) is 27.9 Å². The zero-order valence-corrected chi connectivity index (χ0v) is 12.6. The molecule has 0 fully saturated rings. The molecule has 3 N–H and O–H groups in total. The predicted molar refractivity (Wildman–Crippen MR) is 83.9 cm³/mol. The molecule has 0 saturated carbocycles. The molecule has 1 amide bonds. The van der Waals surface area contributed by atoms with Crippen molar-refractivity contribution in [1.29, 1.82) is 0 Å². The third-order valence-electron chi connectivity index (χ3n) is 3.49. The number of rotatable bonds is 4. The van der Waals surface area contributed by atoms with Crippen LogP contribution >= 0.6 is 0 Å². The quantitative estimate of drug-likeness (QED) is 0.896. The number of hydrogen-bond acceptors (Lipinski definition) is 3. The van der Waals surface area contributed by atoms with Crippen LogP contribution in [0.15, 0.2) is 35.1 Å². The number of carbonyl (C=O) groups is 1. The average molecular weight is 287 g/mol. The first kappa shape index (κ1) is 15.3. The Morgan fingerprint density at radius 2 is 1.95 bits per heavy atom. The first-order valence-electron chi connectivity index (χ1n) is 6.91. The maximum Gasteiger partial charge on any atom is 0.252 e. The molecule has 0 aliphatic heterocycles. The van der Waals surface area contributed by atoms with Gasteiger partial charge in [0.1, 0.15) is 0 Å². The van der Waals surface area contributed by atoms with Gasteiger partial charge in [-0.3, -0.25) is 14.5 Å². The second-order valence-electron chi connectivity index (χ2n) is 6.20. The van der Waals surface area contributed by atoms with Crippen LogP contribution in [0.4, 0.5) is 0 Å². The van der Waals surface area contributed by atoms with Crippen LogP contribution in [0, 0.1) is 0 Å². The number of benzene rings is 1. The van der Waals surface area contributed by atoms with Crippen molar-refractivity contribution >= 4 is 16.8 Å². The fourth-order valence-electron chi connectivity index (χ4n) is 2.23. The zero-order valence-electron chi connectivity index (χ0n) is 12.6. The topological polar surface area (TPSA) is 79.2 Å². The van der Waals surface area contributed by atoms with E-state index in [1.54, 1.807) is 0 Å². The van der Waals surface area contributed by atoms with Crippen LogP contribution in [-0.2, 0) is 11.3 Å². The van der Waals surface area contributed by atoms with Crippen molar-refractivity contribution in [2.45, 2.75) is 32.9 Å². The summed E-state index contributed by atoms with van der Waals surface area (Å²) in [5, 5.41) is 0.972. The molecule has 112 valence electrons. The number of aromatic amines is 1. The van der Waals surface area contributed by atoms with Crippen LogP contribution in [0.5, 0.6) is 0 Å². The van der Waals surface area contributed by atoms with Gasteiger partial charge in [-0.2, -0.15) is 0 Å². The van der Waals surface area contributed by atoms with E-state index in [1.807, 2.05) is 56.0 Å². The number of nitrogens with one attached hydrogen (secondary N) is 1. The van der Waals surface area contributed by atoms with E-state index in [9.17, 15) is 9.59 Å². The number of H-pyrrole nitrogens is 1. The van der Waals surface area contributed by atoms with Gasteiger partial charge in [-0.25, -0.2) is 0 Å². The predicted octanol–water partition coefficient (Wildman–Crippen LogP) is 1.61. The number of primary amides is 1. The summed E-state index contributed by atoms with van der Waals surface area (Å²) in [7, 11) is 0. The summed E-state index contributed by atoms with van der Waals surface area (Å²) in [4.78, 5) is 28.2. The second kappa shape index (κ2) is 5.69. The molecule has 5 heteroatoms. The Hall–Kier alpha value is -2.14. The van der Waals surface area contributed by atoms with Crippen LogP contribution < -0.4 is 11.3 Å². The zero-order chi connectivity index (χ0) is 15.6. The molecule has 0 radical (unpaired) electrons. The summed E-state index contributed by atoms with van der Waals surface area (Å²) in [6.45, 7) is 6.48. The lowest BCUT2D eigenvalue weighted by Crippen LogP contribution is -2.46. The van der Waals surface area contributed by atoms with Crippen LogP contribution in [0.3, 0.4) is 0 Å². The highest BCUT2D eigenvalue weighted by Crippen LogP contribution is 2.17. The number of pyridine rings is 1. The van der Waals surface area contributed by atoms with E-state index in [0.29, 0.717) is 12.1 Å². The van der Waals surface area contributed by atoms with Crippen LogP contribution in [0.2, 0.25) is 0 Å².